The normalized spacial score (nSPS) is 21.1. The number of carbonyl (C=O) groups is 1. The van der Waals surface area contributed by atoms with E-state index in [1.165, 1.54) is 18.6 Å². The van der Waals surface area contributed by atoms with E-state index >= 15 is 0 Å². The molecule has 0 aromatic rings. The number of carbonyl (C=O) groups excluding carboxylic acids is 1. The van der Waals surface area contributed by atoms with Gasteiger partial charge in [0.25, 0.3) is 0 Å². The van der Waals surface area contributed by atoms with Crippen LogP contribution in [-0.4, -0.2) is 24.9 Å². The molecule has 0 aromatic carbocycles. The summed E-state index contributed by atoms with van der Waals surface area (Å²) in [6.07, 6.45) is 5.97. The van der Waals surface area contributed by atoms with E-state index < -0.39 is 0 Å². The van der Waals surface area contributed by atoms with Crippen LogP contribution in [0.15, 0.2) is 22.1 Å². The molecule has 0 saturated heterocycles. The van der Waals surface area contributed by atoms with Crippen molar-refractivity contribution in [2.24, 2.45) is 9.98 Å². The van der Waals surface area contributed by atoms with Crippen LogP contribution in [0, 0.1) is 0 Å². The Morgan fingerprint density at radius 1 is 1.56 bits per heavy atom. The number of hydrogen-bond donors (Lipinski definition) is 0. The Hall–Kier alpha value is -1.25. The molecule has 0 bridgehead atoms. The van der Waals surface area contributed by atoms with Crippen LogP contribution in [0.2, 0.25) is 0 Å². The second kappa shape index (κ2) is 2.91. The van der Waals surface area contributed by atoms with E-state index in [0.29, 0.717) is 0 Å². The van der Waals surface area contributed by atoms with Crippen LogP contribution >= 0.6 is 0 Å². The molecule has 3 heteroatoms. The summed E-state index contributed by atoms with van der Waals surface area (Å²) < 4.78 is 0. The molecule has 0 amide bonds. The highest BCUT2D eigenvalue weighted by Gasteiger charge is 1.91. The molecule has 1 aliphatic rings. The third kappa shape index (κ3) is 1.99. The van der Waals surface area contributed by atoms with Gasteiger partial charge in [0.15, 0.2) is 5.78 Å². The molecule has 0 aromatic heterocycles. The maximum absolute atomic E-state index is 10.6. The molecule has 1 aliphatic heterocycles. The minimum atomic E-state index is 0.0115. The molecule has 3 nitrogen and oxygen atoms in total. The molecule has 1 heterocycles. The van der Waals surface area contributed by atoms with Gasteiger partial charge in [0.1, 0.15) is 12.9 Å². The van der Waals surface area contributed by atoms with Gasteiger partial charge in [0.05, 0.1) is 0 Å². The van der Waals surface area contributed by atoms with Gasteiger partial charge in [-0.2, -0.15) is 0 Å². The largest absolute Gasteiger partial charge is 0.293 e. The van der Waals surface area contributed by atoms with Crippen LogP contribution in [0.4, 0.5) is 0 Å². The lowest BCUT2D eigenvalue weighted by Gasteiger charge is -1.86. The zero-order valence-electron chi connectivity index (χ0n) is 4.82. The van der Waals surface area contributed by atoms with Crippen molar-refractivity contribution in [3.63, 3.8) is 0 Å². The van der Waals surface area contributed by atoms with E-state index in [4.69, 9.17) is 0 Å². The van der Waals surface area contributed by atoms with E-state index in [2.05, 4.69) is 9.98 Å². The number of rotatable bonds is 0. The average Bonchev–Trinajstić information content (AvgIpc) is 1.79. The van der Waals surface area contributed by atoms with Crippen molar-refractivity contribution < 1.29 is 4.79 Å². The molecule has 0 unspecified atom stereocenters. The monoisotopic (exact) mass is 122 g/mol. The van der Waals surface area contributed by atoms with Crippen molar-refractivity contribution in [3.8, 4) is 0 Å². The lowest BCUT2D eigenvalue weighted by Crippen LogP contribution is -1.98. The molecule has 0 atom stereocenters. The summed E-state index contributed by atoms with van der Waals surface area (Å²) in [5.41, 5.74) is 0. The number of hydrogen-bond acceptors (Lipinski definition) is 3. The number of nitrogens with zero attached hydrogens (tertiary/aromatic N) is 2. The van der Waals surface area contributed by atoms with E-state index in [1.807, 2.05) is 0 Å². The van der Waals surface area contributed by atoms with Gasteiger partial charge in [-0.15, -0.1) is 0 Å². The molecular formula is C6H6N2O. The van der Waals surface area contributed by atoms with Gasteiger partial charge in [-0.25, -0.2) is 4.99 Å². The Kier molecular flexibility index (Phi) is 1.90. The fraction of sp³-hybridized carbons (Fsp3) is 0.167. The summed E-state index contributed by atoms with van der Waals surface area (Å²) in [7, 11) is 0. The van der Waals surface area contributed by atoms with Crippen LogP contribution in [0.5, 0.6) is 0 Å². The highest BCUT2D eigenvalue weighted by molar-refractivity contribution is 5.97. The molecule has 46 valence electrons. The molecule has 0 spiro atoms. The summed E-state index contributed by atoms with van der Waals surface area (Å²) >= 11 is 0. The van der Waals surface area contributed by atoms with Gasteiger partial charge in [0.2, 0.25) is 0 Å². The molecule has 0 fully saturated rings. The lowest BCUT2D eigenvalue weighted by atomic mass is 10.3. The molecule has 9 heavy (non-hydrogen) atoms. The van der Waals surface area contributed by atoms with Crippen LogP contribution in [0.3, 0.4) is 0 Å². The van der Waals surface area contributed by atoms with Gasteiger partial charge >= 0.3 is 0 Å². The zero-order chi connectivity index (χ0) is 6.53. The first-order valence-electron chi connectivity index (χ1n) is 2.60. The highest BCUT2D eigenvalue weighted by atomic mass is 16.1. The van der Waals surface area contributed by atoms with Gasteiger partial charge in [0, 0.05) is 6.21 Å². The molecule has 0 radical (unpaired) electrons. The molecule has 0 aliphatic carbocycles. The summed E-state index contributed by atoms with van der Waals surface area (Å²) in [6, 6.07) is 0. The smallest absolute Gasteiger partial charge is 0.177 e. The molecule has 0 saturated carbocycles. The Balaban J connectivity index is 2.70. The van der Waals surface area contributed by atoms with Gasteiger partial charge in [-0.05, 0) is 12.2 Å². The predicted molar refractivity (Wildman–Crippen MR) is 36.0 cm³/mol. The minimum Gasteiger partial charge on any atom is -0.293 e. The zero-order valence-corrected chi connectivity index (χ0v) is 4.82. The van der Waals surface area contributed by atoms with Crippen LogP contribution in [0.25, 0.3) is 0 Å². The fourth-order valence-electron chi connectivity index (χ4n) is 0.469. The van der Waals surface area contributed by atoms with E-state index in [1.54, 1.807) is 6.08 Å². The maximum atomic E-state index is 10.6. The predicted octanol–water partition coefficient (Wildman–Crippen LogP) is 0.224. The Morgan fingerprint density at radius 3 is 3.33 bits per heavy atom. The molecular weight excluding hydrogens is 116 g/mol. The first-order valence-corrected chi connectivity index (χ1v) is 2.60. The van der Waals surface area contributed by atoms with E-state index in [9.17, 15) is 4.79 Å². The quantitative estimate of drug-likeness (QED) is 0.453. The Labute approximate surface area is 52.8 Å². The topological polar surface area (TPSA) is 41.8 Å². The van der Waals surface area contributed by atoms with Gasteiger partial charge in [-0.3, -0.25) is 9.79 Å². The fourth-order valence-corrected chi connectivity index (χ4v) is 0.469. The summed E-state index contributed by atoms with van der Waals surface area (Å²) in [5.74, 6) is 0.0115. The van der Waals surface area contributed by atoms with Crippen LogP contribution < -0.4 is 0 Å². The first-order chi connectivity index (χ1) is 4.39. The van der Waals surface area contributed by atoms with Gasteiger partial charge in [-0.1, -0.05) is 0 Å². The second-order valence-electron chi connectivity index (χ2n) is 1.58. The minimum absolute atomic E-state index is 0.0115. The summed E-state index contributed by atoms with van der Waals surface area (Å²) in [6.45, 7) is 0.216. The van der Waals surface area contributed by atoms with Gasteiger partial charge < -0.3 is 0 Å². The third-order valence-electron chi connectivity index (χ3n) is 0.850. The molecule has 1 rings (SSSR count). The standard InChI is InChI=1S/C6H6N2O/c9-6-2-1-3-7-5-8-4-6/h1-3,5H,4H2/b2-1-,7-3?,8-5?. The van der Waals surface area contributed by atoms with Crippen LogP contribution in [0.1, 0.15) is 0 Å². The van der Waals surface area contributed by atoms with E-state index in [0.717, 1.165) is 0 Å². The third-order valence-corrected chi connectivity index (χ3v) is 0.850. The van der Waals surface area contributed by atoms with Crippen molar-refractivity contribution >= 4 is 18.3 Å². The van der Waals surface area contributed by atoms with Crippen molar-refractivity contribution in [3.05, 3.63) is 12.2 Å². The highest BCUT2D eigenvalue weighted by Crippen LogP contribution is 1.80. The van der Waals surface area contributed by atoms with Crippen molar-refractivity contribution in [1.82, 2.24) is 0 Å². The Morgan fingerprint density at radius 2 is 2.44 bits per heavy atom. The van der Waals surface area contributed by atoms with Crippen molar-refractivity contribution in [2.75, 3.05) is 6.54 Å². The second-order valence-corrected chi connectivity index (χ2v) is 1.58. The average molecular weight is 122 g/mol. The summed E-state index contributed by atoms with van der Waals surface area (Å²) in [5, 5.41) is 0. The summed E-state index contributed by atoms with van der Waals surface area (Å²) in [4.78, 5) is 18.0. The lowest BCUT2D eigenvalue weighted by molar-refractivity contribution is -0.113. The number of aliphatic imine (C=N–C) groups is 2. The van der Waals surface area contributed by atoms with Crippen molar-refractivity contribution in [1.29, 1.82) is 0 Å². The number of ketones is 1. The SMILES string of the molecule is O=C1/C=C\C=NC=NC1. The maximum Gasteiger partial charge on any atom is 0.177 e. The Bertz CT molecular complexity index is 191. The number of allylic oxidation sites excluding steroid dienone is 1. The van der Waals surface area contributed by atoms with E-state index in [-0.39, 0.29) is 12.3 Å². The molecule has 0 N–H and O–H groups in total. The first kappa shape index (κ1) is 5.88. The van der Waals surface area contributed by atoms with Crippen LogP contribution in [-0.2, 0) is 4.79 Å². The van der Waals surface area contributed by atoms with Crippen molar-refractivity contribution in [2.45, 2.75) is 0 Å².